The molecule has 2 aromatic heterocycles. The van der Waals surface area contributed by atoms with Crippen molar-refractivity contribution in [2.24, 2.45) is 0 Å². The molecule has 0 atom stereocenters. The summed E-state index contributed by atoms with van der Waals surface area (Å²) in [6.45, 7) is 6.53. The largest absolute Gasteiger partial charge is 0.505 e. The average Bonchev–Trinajstić information content (AvgIpc) is 3.02. The van der Waals surface area contributed by atoms with Crippen LogP contribution in [-0.4, -0.2) is 22.1 Å². The SMILES string of the molecule is [2H]c1cc(-c2ccc(C(C)(C)C)cc2)c(O)c2nc(-c3ccc4c(c3)N(c3ccccn3)c3ccccc3N4C)ccc12. The van der Waals surface area contributed by atoms with Crippen molar-refractivity contribution in [3.05, 3.63) is 121 Å². The predicted octanol–water partition coefficient (Wildman–Crippen LogP) is 9.52. The van der Waals surface area contributed by atoms with Gasteiger partial charge in [-0.2, -0.15) is 0 Å². The zero-order valence-electron chi connectivity index (χ0n) is 25.1. The number of rotatable bonds is 3. The minimum Gasteiger partial charge on any atom is -0.505 e. The number of fused-ring (bicyclic) bond motifs is 3. The van der Waals surface area contributed by atoms with Crippen LogP contribution in [0.25, 0.3) is 33.3 Å². The maximum absolute atomic E-state index is 11.5. The normalized spacial score (nSPS) is 13.1. The first-order chi connectivity index (χ1) is 20.7. The molecule has 1 aliphatic rings. The lowest BCUT2D eigenvalue weighted by Crippen LogP contribution is -2.24. The summed E-state index contributed by atoms with van der Waals surface area (Å²) in [5.41, 5.74) is 8.90. The third-order valence-electron chi connectivity index (χ3n) is 8.04. The molecule has 0 amide bonds. The molecular weight excluding hydrogens is 516 g/mol. The minimum absolute atomic E-state index is 0.0267. The third kappa shape index (κ3) is 4.25. The lowest BCUT2D eigenvalue weighted by Gasteiger charge is -2.38. The van der Waals surface area contributed by atoms with Crippen LogP contribution in [0, 0.1) is 0 Å². The molecule has 3 heterocycles. The van der Waals surface area contributed by atoms with Crippen molar-refractivity contribution in [1.82, 2.24) is 9.97 Å². The van der Waals surface area contributed by atoms with Gasteiger partial charge in [-0.3, -0.25) is 4.90 Å². The lowest BCUT2D eigenvalue weighted by molar-refractivity contribution is 0.482. The van der Waals surface area contributed by atoms with Gasteiger partial charge in [0.2, 0.25) is 0 Å². The Morgan fingerprint density at radius 2 is 1.45 bits per heavy atom. The fourth-order valence-corrected chi connectivity index (χ4v) is 5.71. The number of anilines is 5. The molecule has 1 N–H and O–H groups in total. The molecule has 5 heteroatoms. The van der Waals surface area contributed by atoms with E-state index in [2.05, 4.69) is 85.1 Å². The summed E-state index contributed by atoms with van der Waals surface area (Å²) in [7, 11) is 2.07. The Kier molecular flexibility index (Phi) is 5.71. The standard InChI is InChI=1S/C37H32N4O/c1-37(2,3)27-17-12-24(13-18-27)28-19-14-25-15-20-29(39-35(25)36(28)42)26-16-21-31-33(23-26)41(34-11-7-8-22-38-34)32-10-6-5-9-30(32)40(31)4/h5-23,42H,1-4H3/i14D. The second-order valence-corrected chi connectivity index (χ2v) is 11.7. The van der Waals surface area contributed by atoms with Crippen molar-refractivity contribution < 1.29 is 6.48 Å². The maximum atomic E-state index is 11.5. The van der Waals surface area contributed by atoms with Gasteiger partial charge < -0.3 is 10.0 Å². The van der Waals surface area contributed by atoms with E-state index < -0.39 is 0 Å². The molecule has 0 radical (unpaired) electrons. The van der Waals surface area contributed by atoms with Crippen molar-refractivity contribution >= 4 is 39.5 Å². The molecule has 0 unspecified atom stereocenters. The summed E-state index contributed by atoms with van der Waals surface area (Å²) in [5.74, 6) is 0.907. The van der Waals surface area contributed by atoms with Crippen molar-refractivity contribution in [2.45, 2.75) is 26.2 Å². The van der Waals surface area contributed by atoms with Gasteiger partial charge in [0.1, 0.15) is 17.1 Å². The van der Waals surface area contributed by atoms with Crippen molar-refractivity contribution in [3.63, 3.8) is 0 Å². The Bertz CT molecular complexity index is 2000. The molecule has 0 saturated carbocycles. The highest BCUT2D eigenvalue weighted by molar-refractivity contribution is 5.99. The van der Waals surface area contributed by atoms with Crippen LogP contribution in [0.5, 0.6) is 5.75 Å². The summed E-state index contributed by atoms with van der Waals surface area (Å²) in [4.78, 5) is 14.0. The van der Waals surface area contributed by atoms with Crippen LogP contribution in [0.4, 0.5) is 28.6 Å². The van der Waals surface area contributed by atoms with Crippen LogP contribution in [0.1, 0.15) is 27.7 Å². The van der Waals surface area contributed by atoms with Gasteiger partial charge in [0, 0.05) is 29.8 Å². The average molecular weight is 550 g/mol. The second-order valence-electron chi connectivity index (χ2n) is 11.7. The number of phenolic OH excluding ortho intramolecular Hbond substituents is 1. The van der Waals surface area contributed by atoms with Gasteiger partial charge >= 0.3 is 0 Å². The Labute approximate surface area is 247 Å². The fraction of sp³-hybridized carbons (Fsp3) is 0.135. The summed E-state index contributed by atoms with van der Waals surface area (Å²) in [6, 6.07) is 34.5. The first-order valence-corrected chi connectivity index (χ1v) is 14.1. The molecule has 4 aromatic carbocycles. The molecule has 42 heavy (non-hydrogen) atoms. The number of pyridine rings is 2. The van der Waals surface area contributed by atoms with Crippen molar-refractivity contribution in [2.75, 3.05) is 16.8 Å². The molecule has 0 bridgehead atoms. The Balaban J connectivity index is 1.36. The van der Waals surface area contributed by atoms with Crippen LogP contribution in [0.2, 0.25) is 0 Å². The van der Waals surface area contributed by atoms with E-state index in [0.717, 1.165) is 39.7 Å². The zero-order chi connectivity index (χ0) is 29.9. The van der Waals surface area contributed by atoms with Crippen LogP contribution in [-0.2, 0) is 5.41 Å². The monoisotopic (exact) mass is 549 g/mol. The molecule has 5 nitrogen and oxygen atoms in total. The quantitative estimate of drug-likeness (QED) is 0.238. The van der Waals surface area contributed by atoms with E-state index in [9.17, 15) is 5.11 Å². The van der Waals surface area contributed by atoms with E-state index >= 15 is 0 Å². The van der Waals surface area contributed by atoms with E-state index in [0.29, 0.717) is 28.2 Å². The highest BCUT2D eigenvalue weighted by Gasteiger charge is 2.28. The number of hydrogen-bond acceptors (Lipinski definition) is 5. The van der Waals surface area contributed by atoms with Gasteiger partial charge in [0.15, 0.2) is 0 Å². The van der Waals surface area contributed by atoms with Gasteiger partial charge in [-0.05, 0) is 65.1 Å². The first kappa shape index (κ1) is 24.6. The van der Waals surface area contributed by atoms with Gasteiger partial charge in [-0.1, -0.05) is 81.4 Å². The van der Waals surface area contributed by atoms with Crippen LogP contribution in [0.3, 0.4) is 0 Å². The number of phenols is 1. The third-order valence-corrected chi connectivity index (χ3v) is 8.04. The van der Waals surface area contributed by atoms with Gasteiger partial charge in [0.05, 0.1) is 29.8 Å². The molecule has 206 valence electrons. The number of hydrogen-bond donors (Lipinski definition) is 1. The van der Waals surface area contributed by atoms with E-state index in [1.807, 2.05) is 54.6 Å². The molecule has 0 fully saturated rings. The van der Waals surface area contributed by atoms with Crippen molar-refractivity contribution in [1.29, 1.82) is 0 Å². The Morgan fingerprint density at radius 3 is 2.19 bits per heavy atom. The first-order valence-electron chi connectivity index (χ1n) is 14.6. The highest BCUT2D eigenvalue weighted by Crippen LogP contribution is 2.51. The van der Waals surface area contributed by atoms with E-state index in [1.54, 1.807) is 12.3 Å². The predicted molar refractivity (Wildman–Crippen MR) is 174 cm³/mol. The lowest BCUT2D eigenvalue weighted by atomic mass is 9.86. The maximum Gasteiger partial charge on any atom is 0.149 e. The number of para-hydroxylation sites is 2. The smallest absolute Gasteiger partial charge is 0.149 e. The molecule has 0 spiro atoms. The van der Waals surface area contributed by atoms with E-state index in [1.165, 1.54) is 5.56 Å². The van der Waals surface area contributed by atoms with E-state index in [4.69, 9.17) is 6.35 Å². The second kappa shape index (κ2) is 9.74. The van der Waals surface area contributed by atoms with Gasteiger partial charge in [-0.15, -0.1) is 0 Å². The van der Waals surface area contributed by atoms with Crippen LogP contribution >= 0.6 is 0 Å². The summed E-state index contributed by atoms with van der Waals surface area (Å²) >= 11 is 0. The summed E-state index contributed by atoms with van der Waals surface area (Å²) in [5, 5.41) is 12.1. The zero-order valence-corrected chi connectivity index (χ0v) is 24.1. The topological polar surface area (TPSA) is 52.5 Å². The van der Waals surface area contributed by atoms with Crippen molar-refractivity contribution in [3.8, 4) is 28.1 Å². The van der Waals surface area contributed by atoms with E-state index in [-0.39, 0.29) is 11.2 Å². The van der Waals surface area contributed by atoms with Gasteiger partial charge in [-0.25, -0.2) is 9.97 Å². The number of aromatic hydroxyl groups is 1. The molecule has 0 saturated heterocycles. The number of aromatic nitrogens is 2. The molecule has 6 aromatic rings. The summed E-state index contributed by atoms with van der Waals surface area (Å²) in [6.07, 6.45) is 1.81. The Morgan fingerprint density at radius 1 is 0.738 bits per heavy atom. The summed E-state index contributed by atoms with van der Waals surface area (Å²) < 4.78 is 8.73. The van der Waals surface area contributed by atoms with Crippen LogP contribution in [0.15, 0.2) is 115 Å². The molecule has 1 aliphatic heterocycles. The molecule has 0 aliphatic carbocycles. The number of nitrogens with zero attached hydrogens (tertiary/aromatic N) is 4. The number of benzene rings is 4. The molecule has 7 rings (SSSR count). The minimum atomic E-state index is 0.0267. The fourth-order valence-electron chi connectivity index (χ4n) is 5.71. The van der Waals surface area contributed by atoms with Crippen LogP contribution < -0.4 is 9.80 Å². The van der Waals surface area contributed by atoms with Gasteiger partial charge in [0.25, 0.3) is 0 Å². The highest BCUT2D eigenvalue weighted by atomic mass is 16.3. The molecular formula is C37H32N4O. The Hall–Kier alpha value is -5.16.